The van der Waals surface area contributed by atoms with E-state index in [1.807, 2.05) is 10.9 Å². The van der Waals surface area contributed by atoms with Crippen LogP contribution < -0.4 is 4.90 Å². The molecule has 6 heteroatoms. The zero-order valence-corrected chi connectivity index (χ0v) is 12.1. The fourth-order valence-corrected chi connectivity index (χ4v) is 2.65. The van der Waals surface area contributed by atoms with Crippen molar-refractivity contribution >= 4 is 17.0 Å². The Hall–Kier alpha value is -1.69. The number of ether oxygens (including phenoxy) is 1. The van der Waals surface area contributed by atoms with Gasteiger partial charge in [0.25, 0.3) is 0 Å². The number of anilines is 1. The van der Waals surface area contributed by atoms with Gasteiger partial charge in [0.05, 0.1) is 12.9 Å². The molecule has 0 N–H and O–H groups in total. The number of rotatable bonds is 6. The number of aromatic nitrogens is 4. The summed E-state index contributed by atoms with van der Waals surface area (Å²) >= 11 is 0. The molecule has 2 heterocycles. The van der Waals surface area contributed by atoms with Gasteiger partial charge in [-0.1, -0.05) is 6.42 Å². The van der Waals surface area contributed by atoms with Crippen molar-refractivity contribution < 1.29 is 4.74 Å². The van der Waals surface area contributed by atoms with Gasteiger partial charge in [0.2, 0.25) is 0 Å². The molecule has 1 saturated carbocycles. The lowest BCUT2D eigenvalue weighted by atomic mass is 9.85. The molecule has 0 spiro atoms. The van der Waals surface area contributed by atoms with Crippen LogP contribution in [0.3, 0.4) is 0 Å². The second kappa shape index (κ2) is 5.75. The highest BCUT2D eigenvalue weighted by Crippen LogP contribution is 2.29. The minimum absolute atomic E-state index is 0.655. The second-order valence-electron chi connectivity index (χ2n) is 5.48. The van der Waals surface area contributed by atoms with Gasteiger partial charge in [0, 0.05) is 27.2 Å². The third-order valence-corrected chi connectivity index (χ3v) is 4.04. The predicted molar refractivity (Wildman–Crippen MR) is 77.8 cm³/mol. The third-order valence-electron chi connectivity index (χ3n) is 4.04. The zero-order chi connectivity index (χ0) is 13.9. The Morgan fingerprint density at radius 1 is 1.35 bits per heavy atom. The van der Waals surface area contributed by atoms with Crippen LogP contribution in [-0.4, -0.2) is 46.8 Å². The SMILES string of the molecule is COCCn1cnc2c(N(C)CC3CCC3)ncnc21. The van der Waals surface area contributed by atoms with Crippen molar-refractivity contribution in [1.29, 1.82) is 0 Å². The van der Waals surface area contributed by atoms with Gasteiger partial charge in [-0.05, 0) is 18.8 Å². The Kier molecular flexibility index (Phi) is 3.82. The third kappa shape index (κ3) is 2.47. The van der Waals surface area contributed by atoms with Gasteiger partial charge in [0.15, 0.2) is 17.0 Å². The Balaban J connectivity index is 1.84. The van der Waals surface area contributed by atoms with E-state index in [0.29, 0.717) is 6.61 Å². The van der Waals surface area contributed by atoms with E-state index in [1.54, 1.807) is 13.4 Å². The first-order valence-electron chi connectivity index (χ1n) is 7.15. The maximum absolute atomic E-state index is 5.11. The molecule has 1 fully saturated rings. The molecule has 0 unspecified atom stereocenters. The standard InChI is InChI=1S/C14H21N5O/c1-18(8-11-4-3-5-11)13-12-14(16-9-15-13)19(10-17-12)6-7-20-2/h9-11H,3-8H2,1-2H3. The highest BCUT2D eigenvalue weighted by molar-refractivity contribution is 5.83. The van der Waals surface area contributed by atoms with Gasteiger partial charge in [-0.3, -0.25) is 0 Å². The van der Waals surface area contributed by atoms with Gasteiger partial charge < -0.3 is 14.2 Å². The Labute approximate surface area is 118 Å². The van der Waals surface area contributed by atoms with Gasteiger partial charge in [0.1, 0.15) is 6.33 Å². The van der Waals surface area contributed by atoms with Crippen LogP contribution in [0.15, 0.2) is 12.7 Å². The lowest BCUT2D eigenvalue weighted by Crippen LogP contribution is -2.30. The summed E-state index contributed by atoms with van der Waals surface area (Å²) < 4.78 is 7.13. The van der Waals surface area contributed by atoms with Crippen molar-refractivity contribution in [3.05, 3.63) is 12.7 Å². The van der Waals surface area contributed by atoms with Crippen LogP contribution in [0.5, 0.6) is 0 Å². The van der Waals surface area contributed by atoms with E-state index in [9.17, 15) is 0 Å². The molecular formula is C14H21N5O. The average molecular weight is 275 g/mol. The monoisotopic (exact) mass is 275 g/mol. The highest BCUT2D eigenvalue weighted by Gasteiger charge is 2.21. The normalized spacial score (nSPS) is 15.5. The van der Waals surface area contributed by atoms with Crippen LogP contribution in [0.4, 0.5) is 5.82 Å². The molecule has 0 aromatic carbocycles. The summed E-state index contributed by atoms with van der Waals surface area (Å²) in [5.74, 6) is 1.73. The fraction of sp³-hybridized carbons (Fsp3) is 0.643. The molecule has 0 saturated heterocycles. The topological polar surface area (TPSA) is 56.1 Å². The van der Waals surface area contributed by atoms with Crippen molar-refractivity contribution in [2.75, 3.05) is 32.2 Å². The first-order chi connectivity index (χ1) is 9.79. The molecule has 2 aromatic heterocycles. The van der Waals surface area contributed by atoms with Crippen molar-refractivity contribution in [3.63, 3.8) is 0 Å². The molecule has 108 valence electrons. The van der Waals surface area contributed by atoms with Crippen molar-refractivity contribution in [1.82, 2.24) is 19.5 Å². The predicted octanol–water partition coefficient (Wildman–Crippen LogP) is 1.71. The molecule has 0 atom stereocenters. The molecule has 2 aromatic rings. The van der Waals surface area contributed by atoms with Gasteiger partial charge in [-0.2, -0.15) is 0 Å². The van der Waals surface area contributed by atoms with E-state index >= 15 is 0 Å². The minimum Gasteiger partial charge on any atom is -0.383 e. The van der Waals surface area contributed by atoms with Crippen LogP contribution in [0, 0.1) is 5.92 Å². The van der Waals surface area contributed by atoms with Crippen LogP contribution in [0.1, 0.15) is 19.3 Å². The fourth-order valence-electron chi connectivity index (χ4n) is 2.65. The summed E-state index contributed by atoms with van der Waals surface area (Å²) in [4.78, 5) is 15.5. The number of hydrogen-bond acceptors (Lipinski definition) is 5. The Bertz CT molecular complexity index is 578. The quantitative estimate of drug-likeness (QED) is 0.803. The molecule has 0 bridgehead atoms. The summed E-state index contributed by atoms with van der Waals surface area (Å²) in [5.41, 5.74) is 1.76. The summed E-state index contributed by atoms with van der Waals surface area (Å²) in [5, 5.41) is 0. The molecule has 1 aliphatic carbocycles. The summed E-state index contributed by atoms with van der Waals surface area (Å²) in [6, 6.07) is 0. The molecule has 3 rings (SSSR count). The van der Waals surface area contributed by atoms with Crippen LogP contribution in [0.2, 0.25) is 0 Å². The molecule has 0 amide bonds. The largest absolute Gasteiger partial charge is 0.383 e. The lowest BCUT2D eigenvalue weighted by molar-refractivity contribution is 0.188. The van der Waals surface area contributed by atoms with E-state index in [2.05, 4.69) is 26.9 Å². The zero-order valence-electron chi connectivity index (χ0n) is 12.1. The second-order valence-corrected chi connectivity index (χ2v) is 5.48. The summed E-state index contributed by atoms with van der Waals surface area (Å²) in [7, 11) is 3.79. The van der Waals surface area contributed by atoms with Crippen molar-refractivity contribution in [3.8, 4) is 0 Å². The molecule has 1 aliphatic rings. The van der Waals surface area contributed by atoms with E-state index in [0.717, 1.165) is 36.0 Å². The number of fused-ring (bicyclic) bond motifs is 1. The van der Waals surface area contributed by atoms with E-state index in [4.69, 9.17) is 4.74 Å². The number of hydrogen-bond donors (Lipinski definition) is 0. The minimum atomic E-state index is 0.655. The first-order valence-corrected chi connectivity index (χ1v) is 7.15. The number of imidazole rings is 1. The highest BCUT2D eigenvalue weighted by atomic mass is 16.5. The Morgan fingerprint density at radius 3 is 2.90 bits per heavy atom. The van der Waals surface area contributed by atoms with Gasteiger partial charge in [-0.25, -0.2) is 15.0 Å². The molecule has 6 nitrogen and oxygen atoms in total. The summed E-state index contributed by atoms with van der Waals surface area (Å²) in [6.07, 6.45) is 7.48. The average Bonchev–Trinajstić information content (AvgIpc) is 2.83. The van der Waals surface area contributed by atoms with E-state index in [1.165, 1.54) is 19.3 Å². The summed E-state index contributed by atoms with van der Waals surface area (Å²) in [6.45, 7) is 2.47. The van der Waals surface area contributed by atoms with Gasteiger partial charge in [-0.15, -0.1) is 0 Å². The van der Waals surface area contributed by atoms with Crippen LogP contribution in [-0.2, 0) is 11.3 Å². The maximum Gasteiger partial charge on any atom is 0.165 e. The number of methoxy groups -OCH3 is 1. The van der Waals surface area contributed by atoms with E-state index < -0.39 is 0 Å². The van der Waals surface area contributed by atoms with Gasteiger partial charge >= 0.3 is 0 Å². The molecule has 20 heavy (non-hydrogen) atoms. The van der Waals surface area contributed by atoms with E-state index in [-0.39, 0.29) is 0 Å². The molecule has 0 radical (unpaired) electrons. The smallest absolute Gasteiger partial charge is 0.165 e. The first kappa shape index (κ1) is 13.3. The van der Waals surface area contributed by atoms with Crippen LogP contribution >= 0.6 is 0 Å². The Morgan fingerprint density at radius 2 is 2.20 bits per heavy atom. The maximum atomic E-state index is 5.11. The number of nitrogens with zero attached hydrogens (tertiary/aromatic N) is 5. The molecule has 0 aliphatic heterocycles. The van der Waals surface area contributed by atoms with Crippen molar-refractivity contribution in [2.45, 2.75) is 25.8 Å². The van der Waals surface area contributed by atoms with Crippen LogP contribution in [0.25, 0.3) is 11.2 Å². The molecular weight excluding hydrogens is 254 g/mol. The lowest BCUT2D eigenvalue weighted by Gasteiger charge is -2.30. The van der Waals surface area contributed by atoms with Crippen molar-refractivity contribution in [2.24, 2.45) is 5.92 Å².